The van der Waals surface area contributed by atoms with E-state index in [1.165, 1.54) is 0 Å². The number of hydrogen-bond donors (Lipinski definition) is 1. The van der Waals surface area contributed by atoms with Crippen molar-refractivity contribution in [2.24, 2.45) is 5.92 Å². The Morgan fingerprint density at radius 2 is 1.81 bits per heavy atom. The van der Waals surface area contributed by atoms with Crippen LogP contribution in [0.2, 0.25) is 0 Å². The average Bonchev–Trinajstić information content (AvgIpc) is 2.78. The van der Waals surface area contributed by atoms with E-state index in [2.05, 4.69) is 17.1 Å². The van der Waals surface area contributed by atoms with E-state index in [0.717, 1.165) is 81.1 Å². The van der Waals surface area contributed by atoms with Gasteiger partial charge in [-0.15, -0.1) is 0 Å². The second-order valence-electron chi connectivity index (χ2n) is 9.34. The number of aromatic nitrogens is 2. The lowest BCUT2D eigenvalue weighted by atomic mass is 9.98. The number of anilines is 1. The van der Waals surface area contributed by atoms with E-state index in [9.17, 15) is 9.59 Å². The minimum atomic E-state index is 0.0477. The molecule has 0 saturated carbocycles. The minimum Gasteiger partial charge on any atom is -0.373 e. The van der Waals surface area contributed by atoms with Crippen LogP contribution in [0.1, 0.15) is 69.1 Å². The molecule has 0 bridgehead atoms. The summed E-state index contributed by atoms with van der Waals surface area (Å²) in [5.41, 5.74) is 2.06. The van der Waals surface area contributed by atoms with Crippen LogP contribution in [-0.2, 0) is 22.6 Å². The lowest BCUT2D eigenvalue weighted by Gasteiger charge is -2.37. The lowest BCUT2D eigenvalue weighted by molar-refractivity contribution is -0.135. The van der Waals surface area contributed by atoms with Gasteiger partial charge in [-0.1, -0.05) is 13.3 Å². The Morgan fingerprint density at radius 1 is 1.03 bits per heavy atom. The highest BCUT2D eigenvalue weighted by molar-refractivity contribution is 5.78. The van der Waals surface area contributed by atoms with Crippen molar-refractivity contribution in [1.82, 2.24) is 24.7 Å². The number of piperidine rings is 2. The van der Waals surface area contributed by atoms with Crippen molar-refractivity contribution in [2.75, 3.05) is 45.1 Å². The fourth-order valence-corrected chi connectivity index (χ4v) is 5.08. The second-order valence-corrected chi connectivity index (χ2v) is 9.34. The molecule has 2 saturated heterocycles. The maximum absolute atomic E-state index is 13.0. The minimum absolute atomic E-state index is 0.0477. The molecule has 0 aliphatic carbocycles. The summed E-state index contributed by atoms with van der Waals surface area (Å²) in [6.07, 6.45) is 6.14. The number of nitrogens with one attached hydrogen (secondary N) is 1. The van der Waals surface area contributed by atoms with E-state index in [0.29, 0.717) is 25.6 Å². The van der Waals surface area contributed by atoms with Gasteiger partial charge in [0.2, 0.25) is 11.8 Å². The van der Waals surface area contributed by atoms with E-state index in [4.69, 9.17) is 9.97 Å². The Labute approximate surface area is 185 Å². The molecule has 0 spiro atoms. The van der Waals surface area contributed by atoms with Gasteiger partial charge in [0.05, 0.1) is 24.8 Å². The van der Waals surface area contributed by atoms with Crippen molar-refractivity contribution < 1.29 is 9.59 Å². The first kappa shape index (κ1) is 22.0. The van der Waals surface area contributed by atoms with E-state index < -0.39 is 0 Å². The summed E-state index contributed by atoms with van der Waals surface area (Å²) in [5, 5.41) is 3.24. The van der Waals surface area contributed by atoms with Gasteiger partial charge in [0.25, 0.3) is 0 Å². The van der Waals surface area contributed by atoms with Gasteiger partial charge in [-0.05, 0) is 44.6 Å². The van der Waals surface area contributed by atoms with E-state index >= 15 is 0 Å². The molecule has 1 atom stereocenters. The number of rotatable bonds is 4. The van der Waals surface area contributed by atoms with Crippen molar-refractivity contribution in [2.45, 2.75) is 65.0 Å². The van der Waals surface area contributed by atoms with Gasteiger partial charge in [0.1, 0.15) is 11.6 Å². The predicted octanol–water partition coefficient (Wildman–Crippen LogP) is 2.21. The lowest BCUT2D eigenvalue weighted by Crippen LogP contribution is -2.46. The Hall–Kier alpha value is -2.22. The fourth-order valence-electron chi connectivity index (χ4n) is 5.08. The topological polar surface area (TPSA) is 81.7 Å². The Kier molecular flexibility index (Phi) is 6.74. The average molecular weight is 429 g/mol. The standard InChI is InChI=1S/C23H36N6O2/c1-16-7-11-27(12-8-16)21(31)15-29-10-5-4-6-20(29)23-25-19-14-28(17(2)30)13-9-18(19)22(24-3)26-23/h16,20H,4-15H2,1-3H3,(H,24,25,26)/t20-/m1/s1. The van der Waals surface area contributed by atoms with Crippen LogP contribution in [0, 0.1) is 5.92 Å². The molecular formula is C23H36N6O2. The van der Waals surface area contributed by atoms with Gasteiger partial charge in [-0.3, -0.25) is 14.5 Å². The zero-order valence-corrected chi connectivity index (χ0v) is 19.2. The van der Waals surface area contributed by atoms with Crippen molar-refractivity contribution in [3.05, 3.63) is 17.1 Å². The summed E-state index contributed by atoms with van der Waals surface area (Å²) >= 11 is 0. The molecule has 1 aromatic heterocycles. The normalized spacial score (nSPS) is 22.9. The molecule has 0 unspecified atom stereocenters. The first-order chi connectivity index (χ1) is 15.0. The predicted molar refractivity (Wildman–Crippen MR) is 120 cm³/mol. The van der Waals surface area contributed by atoms with Crippen LogP contribution in [0.25, 0.3) is 0 Å². The zero-order chi connectivity index (χ0) is 22.0. The van der Waals surface area contributed by atoms with Gasteiger partial charge in [0.15, 0.2) is 0 Å². The third kappa shape index (κ3) is 4.84. The van der Waals surface area contributed by atoms with Gasteiger partial charge >= 0.3 is 0 Å². The molecule has 0 aromatic carbocycles. The maximum atomic E-state index is 13.0. The zero-order valence-electron chi connectivity index (χ0n) is 19.2. The molecular weight excluding hydrogens is 392 g/mol. The van der Waals surface area contributed by atoms with Crippen LogP contribution in [0.15, 0.2) is 0 Å². The largest absolute Gasteiger partial charge is 0.373 e. The SMILES string of the molecule is CNc1nc([C@H]2CCCCN2CC(=O)N2CCC(C)CC2)nc2c1CCN(C(C)=O)C2. The van der Waals surface area contributed by atoms with Crippen molar-refractivity contribution >= 4 is 17.6 Å². The third-order valence-electron chi connectivity index (χ3n) is 7.15. The van der Waals surface area contributed by atoms with Crippen molar-refractivity contribution in [3.8, 4) is 0 Å². The molecule has 2 fully saturated rings. The molecule has 1 N–H and O–H groups in total. The number of hydrogen-bond acceptors (Lipinski definition) is 6. The Balaban J connectivity index is 1.54. The summed E-state index contributed by atoms with van der Waals surface area (Å²) < 4.78 is 0. The van der Waals surface area contributed by atoms with E-state index in [1.54, 1.807) is 6.92 Å². The number of carbonyl (C=O) groups excluding carboxylic acids is 2. The van der Waals surface area contributed by atoms with Crippen molar-refractivity contribution in [1.29, 1.82) is 0 Å². The Bertz CT molecular complexity index is 821. The van der Waals surface area contributed by atoms with E-state index in [-0.39, 0.29) is 17.9 Å². The quantitative estimate of drug-likeness (QED) is 0.792. The summed E-state index contributed by atoms with van der Waals surface area (Å²) in [4.78, 5) is 40.9. The van der Waals surface area contributed by atoms with Crippen LogP contribution >= 0.6 is 0 Å². The molecule has 8 nitrogen and oxygen atoms in total. The monoisotopic (exact) mass is 428 g/mol. The smallest absolute Gasteiger partial charge is 0.236 e. The maximum Gasteiger partial charge on any atom is 0.236 e. The van der Waals surface area contributed by atoms with Crippen LogP contribution in [0.3, 0.4) is 0 Å². The molecule has 170 valence electrons. The van der Waals surface area contributed by atoms with Gasteiger partial charge in [0, 0.05) is 39.2 Å². The molecule has 1 aromatic rings. The third-order valence-corrected chi connectivity index (χ3v) is 7.15. The molecule has 4 heterocycles. The molecule has 4 rings (SSSR count). The molecule has 2 amide bonds. The summed E-state index contributed by atoms with van der Waals surface area (Å²) in [7, 11) is 1.89. The van der Waals surface area contributed by atoms with Gasteiger partial charge in [-0.25, -0.2) is 9.97 Å². The van der Waals surface area contributed by atoms with Gasteiger partial charge < -0.3 is 15.1 Å². The highest BCUT2D eigenvalue weighted by Gasteiger charge is 2.32. The van der Waals surface area contributed by atoms with Crippen molar-refractivity contribution in [3.63, 3.8) is 0 Å². The highest BCUT2D eigenvalue weighted by Crippen LogP contribution is 2.32. The van der Waals surface area contributed by atoms with Gasteiger partial charge in [-0.2, -0.15) is 0 Å². The molecule has 0 radical (unpaired) electrons. The molecule has 31 heavy (non-hydrogen) atoms. The second kappa shape index (κ2) is 9.51. The molecule has 8 heteroatoms. The van der Waals surface area contributed by atoms with Crippen LogP contribution < -0.4 is 5.32 Å². The van der Waals surface area contributed by atoms with Crippen LogP contribution in [0.4, 0.5) is 5.82 Å². The first-order valence-electron chi connectivity index (χ1n) is 11.8. The highest BCUT2D eigenvalue weighted by atomic mass is 16.2. The Morgan fingerprint density at radius 3 is 2.52 bits per heavy atom. The fraction of sp³-hybridized carbons (Fsp3) is 0.739. The van der Waals surface area contributed by atoms with Crippen LogP contribution in [-0.4, -0.2) is 76.3 Å². The molecule has 3 aliphatic rings. The number of fused-ring (bicyclic) bond motifs is 1. The number of nitrogens with zero attached hydrogens (tertiary/aromatic N) is 5. The first-order valence-corrected chi connectivity index (χ1v) is 11.8. The number of carbonyl (C=O) groups is 2. The van der Waals surface area contributed by atoms with E-state index in [1.807, 2.05) is 16.8 Å². The number of likely N-dealkylation sites (tertiary alicyclic amines) is 2. The summed E-state index contributed by atoms with van der Waals surface area (Å²) in [5.74, 6) is 2.68. The summed E-state index contributed by atoms with van der Waals surface area (Å²) in [6, 6.07) is 0.0477. The van der Waals surface area contributed by atoms with Crippen LogP contribution in [0.5, 0.6) is 0 Å². The number of amides is 2. The summed E-state index contributed by atoms with van der Waals surface area (Å²) in [6.45, 7) is 8.20. The molecule has 3 aliphatic heterocycles.